The van der Waals surface area contributed by atoms with E-state index in [-0.39, 0.29) is 6.04 Å². The van der Waals surface area contributed by atoms with Crippen molar-refractivity contribution in [3.63, 3.8) is 0 Å². The zero-order valence-corrected chi connectivity index (χ0v) is 10.9. The van der Waals surface area contributed by atoms with E-state index in [4.69, 9.17) is 5.73 Å². The average Bonchev–Trinajstić information content (AvgIpc) is 2.77. The normalized spacial score (nSPS) is 26.1. The summed E-state index contributed by atoms with van der Waals surface area (Å²) in [6.45, 7) is 4.43. The van der Waals surface area contributed by atoms with E-state index in [1.54, 1.807) is 0 Å². The van der Waals surface area contributed by atoms with E-state index in [0.29, 0.717) is 5.92 Å². The minimum atomic E-state index is 0.232. The van der Waals surface area contributed by atoms with E-state index < -0.39 is 0 Å². The third kappa shape index (κ3) is 3.25. The lowest BCUT2D eigenvalue weighted by atomic mass is 10.0. The highest BCUT2D eigenvalue weighted by molar-refractivity contribution is 5.10. The third-order valence-electron chi connectivity index (χ3n) is 3.81. The predicted octanol–water partition coefficient (Wildman–Crippen LogP) is 2.66. The van der Waals surface area contributed by atoms with Crippen molar-refractivity contribution in [1.29, 1.82) is 0 Å². The molecule has 0 aromatic carbocycles. The summed E-state index contributed by atoms with van der Waals surface area (Å²) in [5.41, 5.74) is 7.09. The van der Waals surface area contributed by atoms with Crippen molar-refractivity contribution in [2.45, 2.75) is 57.9 Å². The number of hydrogen-bond donors (Lipinski definition) is 1. The Kier molecular flexibility index (Phi) is 4.11. The molecule has 1 saturated carbocycles. The maximum atomic E-state index is 5.93. The second-order valence-corrected chi connectivity index (χ2v) is 5.44. The first-order valence-electron chi connectivity index (χ1n) is 6.75. The minimum absolute atomic E-state index is 0.232. The van der Waals surface area contributed by atoms with Crippen LogP contribution in [-0.4, -0.2) is 16.0 Å². The van der Waals surface area contributed by atoms with Crippen molar-refractivity contribution in [1.82, 2.24) is 9.97 Å². The van der Waals surface area contributed by atoms with Crippen LogP contribution in [-0.2, 0) is 6.42 Å². The Morgan fingerprint density at radius 3 is 2.59 bits per heavy atom. The second kappa shape index (κ2) is 5.58. The highest BCUT2D eigenvalue weighted by Crippen LogP contribution is 2.36. The third-order valence-corrected chi connectivity index (χ3v) is 3.81. The summed E-state index contributed by atoms with van der Waals surface area (Å²) < 4.78 is 0. The van der Waals surface area contributed by atoms with Gasteiger partial charge in [0.2, 0.25) is 0 Å². The molecule has 0 saturated heterocycles. The molecule has 3 atom stereocenters. The van der Waals surface area contributed by atoms with Gasteiger partial charge >= 0.3 is 0 Å². The van der Waals surface area contributed by atoms with Crippen molar-refractivity contribution in [3.05, 3.63) is 23.8 Å². The zero-order chi connectivity index (χ0) is 12.3. The minimum Gasteiger partial charge on any atom is -0.327 e. The quantitative estimate of drug-likeness (QED) is 0.869. The van der Waals surface area contributed by atoms with E-state index in [2.05, 4.69) is 23.8 Å². The molecule has 94 valence electrons. The molecule has 3 unspecified atom stereocenters. The molecule has 17 heavy (non-hydrogen) atoms. The number of nitrogens with zero attached hydrogens (tertiary/aromatic N) is 2. The molecule has 3 heteroatoms. The van der Waals surface area contributed by atoms with Crippen LogP contribution in [0.2, 0.25) is 0 Å². The lowest BCUT2D eigenvalue weighted by Gasteiger charge is -2.10. The summed E-state index contributed by atoms with van der Waals surface area (Å²) in [5.74, 6) is 2.44. The topological polar surface area (TPSA) is 51.8 Å². The van der Waals surface area contributed by atoms with Gasteiger partial charge in [-0.2, -0.15) is 0 Å². The van der Waals surface area contributed by atoms with Gasteiger partial charge in [-0.15, -0.1) is 0 Å². The van der Waals surface area contributed by atoms with Crippen molar-refractivity contribution >= 4 is 0 Å². The van der Waals surface area contributed by atoms with Crippen molar-refractivity contribution in [3.8, 4) is 0 Å². The van der Waals surface area contributed by atoms with Gasteiger partial charge in [0.05, 0.1) is 0 Å². The van der Waals surface area contributed by atoms with Gasteiger partial charge in [0, 0.05) is 24.4 Å². The number of aromatic nitrogens is 2. The van der Waals surface area contributed by atoms with Gasteiger partial charge in [0.15, 0.2) is 0 Å². The molecule has 1 aliphatic carbocycles. The number of rotatable bonds is 4. The summed E-state index contributed by atoms with van der Waals surface area (Å²) in [4.78, 5) is 9.03. The van der Waals surface area contributed by atoms with Crippen LogP contribution in [0, 0.1) is 5.92 Å². The maximum absolute atomic E-state index is 5.93. The van der Waals surface area contributed by atoms with Crippen LogP contribution in [0.25, 0.3) is 0 Å². The number of hydrogen-bond acceptors (Lipinski definition) is 3. The fourth-order valence-electron chi connectivity index (χ4n) is 2.57. The molecule has 0 radical (unpaired) electrons. The summed E-state index contributed by atoms with van der Waals surface area (Å²) in [5, 5.41) is 0. The fraction of sp³-hybridized carbons (Fsp3) is 0.714. The standard InChI is InChI=1S/C14H23N3/c1-3-13(15)7-11-8-16-14(17-9-11)12-5-4-10(2)6-12/h8-10,12-13H,3-7,15H2,1-2H3. The van der Waals surface area contributed by atoms with Crippen LogP contribution in [0.5, 0.6) is 0 Å². The predicted molar refractivity (Wildman–Crippen MR) is 69.8 cm³/mol. The van der Waals surface area contributed by atoms with Gasteiger partial charge in [-0.05, 0) is 43.6 Å². The van der Waals surface area contributed by atoms with Crippen LogP contribution >= 0.6 is 0 Å². The molecule has 1 heterocycles. The summed E-state index contributed by atoms with van der Waals surface area (Å²) in [7, 11) is 0. The Labute approximate surface area is 104 Å². The highest BCUT2D eigenvalue weighted by atomic mass is 14.9. The summed E-state index contributed by atoms with van der Waals surface area (Å²) in [6.07, 6.45) is 9.61. The molecule has 3 nitrogen and oxygen atoms in total. The smallest absolute Gasteiger partial charge is 0.131 e. The van der Waals surface area contributed by atoms with Crippen LogP contribution < -0.4 is 5.73 Å². The first kappa shape index (κ1) is 12.5. The van der Waals surface area contributed by atoms with Crippen LogP contribution in [0.4, 0.5) is 0 Å². The summed E-state index contributed by atoms with van der Waals surface area (Å²) in [6, 6.07) is 0.232. The first-order valence-corrected chi connectivity index (χ1v) is 6.75. The van der Waals surface area contributed by atoms with E-state index in [0.717, 1.165) is 30.1 Å². The Bertz CT molecular complexity index is 347. The lowest BCUT2D eigenvalue weighted by Crippen LogP contribution is -2.21. The SMILES string of the molecule is CCC(N)Cc1cnc(C2CCC(C)C2)nc1. The van der Waals surface area contributed by atoms with Gasteiger partial charge in [-0.3, -0.25) is 0 Å². The average molecular weight is 233 g/mol. The van der Waals surface area contributed by atoms with E-state index >= 15 is 0 Å². The fourth-order valence-corrected chi connectivity index (χ4v) is 2.57. The maximum Gasteiger partial charge on any atom is 0.131 e. The molecule has 1 aliphatic rings. The molecule has 2 rings (SSSR count). The molecule has 0 aliphatic heterocycles. The Balaban J connectivity index is 1.98. The van der Waals surface area contributed by atoms with E-state index in [9.17, 15) is 0 Å². The Morgan fingerprint density at radius 2 is 2.06 bits per heavy atom. The first-order chi connectivity index (χ1) is 8.19. The Morgan fingerprint density at radius 1 is 1.35 bits per heavy atom. The molecule has 0 spiro atoms. The van der Waals surface area contributed by atoms with Gasteiger partial charge in [0.25, 0.3) is 0 Å². The van der Waals surface area contributed by atoms with Gasteiger partial charge in [-0.25, -0.2) is 9.97 Å². The van der Waals surface area contributed by atoms with Crippen LogP contribution in [0.15, 0.2) is 12.4 Å². The number of nitrogens with two attached hydrogens (primary N) is 1. The molecular formula is C14H23N3. The van der Waals surface area contributed by atoms with E-state index in [1.807, 2.05) is 12.4 Å². The second-order valence-electron chi connectivity index (χ2n) is 5.44. The highest BCUT2D eigenvalue weighted by Gasteiger charge is 2.24. The van der Waals surface area contributed by atoms with Crippen LogP contribution in [0.3, 0.4) is 0 Å². The van der Waals surface area contributed by atoms with Gasteiger partial charge in [0.1, 0.15) is 5.82 Å². The lowest BCUT2D eigenvalue weighted by molar-refractivity contribution is 0.583. The van der Waals surface area contributed by atoms with Gasteiger partial charge in [-0.1, -0.05) is 13.8 Å². The molecule has 0 amide bonds. The molecule has 2 N–H and O–H groups in total. The molecule has 1 aromatic rings. The zero-order valence-electron chi connectivity index (χ0n) is 10.9. The largest absolute Gasteiger partial charge is 0.327 e. The van der Waals surface area contributed by atoms with Crippen molar-refractivity contribution in [2.75, 3.05) is 0 Å². The molecule has 1 aromatic heterocycles. The molecule has 0 bridgehead atoms. The monoisotopic (exact) mass is 233 g/mol. The molecular weight excluding hydrogens is 210 g/mol. The Hall–Kier alpha value is -0.960. The van der Waals surface area contributed by atoms with Crippen molar-refractivity contribution < 1.29 is 0 Å². The van der Waals surface area contributed by atoms with Crippen LogP contribution in [0.1, 0.15) is 56.8 Å². The van der Waals surface area contributed by atoms with E-state index in [1.165, 1.54) is 19.3 Å². The van der Waals surface area contributed by atoms with Crippen molar-refractivity contribution in [2.24, 2.45) is 11.7 Å². The molecule has 1 fully saturated rings. The summed E-state index contributed by atoms with van der Waals surface area (Å²) >= 11 is 0. The van der Waals surface area contributed by atoms with Gasteiger partial charge < -0.3 is 5.73 Å².